The molecular formula is C13H21N3O4. The molecule has 1 heterocycles. The molecule has 0 aliphatic heterocycles. The van der Waals surface area contributed by atoms with Crippen LogP contribution in [0.3, 0.4) is 0 Å². The van der Waals surface area contributed by atoms with E-state index in [4.69, 9.17) is 4.42 Å². The summed E-state index contributed by atoms with van der Waals surface area (Å²) in [4.78, 5) is 34.3. The second-order valence-electron chi connectivity index (χ2n) is 5.58. The van der Waals surface area contributed by atoms with Crippen molar-refractivity contribution in [2.24, 2.45) is 11.8 Å². The Balaban J connectivity index is 2.94. The average molecular weight is 283 g/mol. The lowest BCUT2D eigenvalue weighted by Crippen LogP contribution is -2.37. The van der Waals surface area contributed by atoms with Crippen LogP contribution in [0.15, 0.2) is 9.21 Å². The maximum atomic E-state index is 12.2. The van der Waals surface area contributed by atoms with Crippen LogP contribution in [0.25, 0.3) is 0 Å². The number of Topliss-reactive ketones (excluding diaryl/α,β-unsaturated/α-hetero) is 1. The molecule has 7 heteroatoms. The van der Waals surface area contributed by atoms with Gasteiger partial charge in [0.05, 0.1) is 12.6 Å². The number of aromatic nitrogens is 2. The average Bonchev–Trinajstić information content (AvgIpc) is 2.68. The normalized spacial score (nSPS) is 12.7. The van der Waals surface area contributed by atoms with Crippen LogP contribution in [0.2, 0.25) is 0 Å². The smallest absolute Gasteiger partial charge is 0.384 e. The number of amides is 1. The third-order valence-corrected chi connectivity index (χ3v) is 2.65. The molecule has 0 aliphatic rings. The van der Waals surface area contributed by atoms with Crippen molar-refractivity contribution in [1.29, 1.82) is 0 Å². The molecule has 1 unspecified atom stereocenters. The molecule has 20 heavy (non-hydrogen) atoms. The van der Waals surface area contributed by atoms with Crippen molar-refractivity contribution in [2.75, 3.05) is 0 Å². The van der Waals surface area contributed by atoms with Crippen LogP contribution < -0.4 is 11.1 Å². The fourth-order valence-electron chi connectivity index (χ4n) is 1.82. The summed E-state index contributed by atoms with van der Waals surface area (Å²) in [6, 6.07) is -0.724. The molecule has 1 aromatic rings. The van der Waals surface area contributed by atoms with Gasteiger partial charge in [0.2, 0.25) is 12.2 Å². The van der Waals surface area contributed by atoms with Gasteiger partial charge in [0, 0.05) is 0 Å². The summed E-state index contributed by atoms with van der Waals surface area (Å²) >= 11 is 0. The van der Waals surface area contributed by atoms with Gasteiger partial charge in [0.25, 0.3) is 5.89 Å². The second-order valence-corrected chi connectivity index (χ2v) is 5.58. The molecule has 0 aromatic carbocycles. The minimum atomic E-state index is -0.724. The first kappa shape index (κ1) is 16.1. The van der Waals surface area contributed by atoms with Gasteiger partial charge in [-0.3, -0.25) is 9.59 Å². The highest BCUT2D eigenvalue weighted by Crippen LogP contribution is 2.09. The Labute approximate surface area is 117 Å². The van der Waals surface area contributed by atoms with E-state index in [9.17, 15) is 14.4 Å². The number of carbonyl (C=O) groups excluding carboxylic acids is 2. The van der Waals surface area contributed by atoms with E-state index >= 15 is 0 Å². The molecule has 1 atom stereocenters. The van der Waals surface area contributed by atoms with E-state index in [1.54, 1.807) is 0 Å². The summed E-state index contributed by atoms with van der Waals surface area (Å²) in [5, 5.41) is 6.33. The molecule has 0 spiro atoms. The minimum Gasteiger partial charge on any atom is -0.384 e. The van der Waals surface area contributed by atoms with E-state index in [1.807, 2.05) is 27.7 Å². The van der Waals surface area contributed by atoms with E-state index in [2.05, 4.69) is 10.4 Å². The van der Waals surface area contributed by atoms with E-state index in [0.29, 0.717) is 19.4 Å². The monoisotopic (exact) mass is 283 g/mol. The van der Waals surface area contributed by atoms with Crippen LogP contribution in [0.4, 0.5) is 0 Å². The molecule has 1 N–H and O–H groups in total. The highest BCUT2D eigenvalue weighted by Gasteiger charge is 2.26. The van der Waals surface area contributed by atoms with Gasteiger partial charge >= 0.3 is 5.76 Å². The fraction of sp³-hybridized carbons (Fsp3) is 0.692. The van der Waals surface area contributed by atoms with Gasteiger partial charge in [-0.15, -0.1) is 5.10 Å². The van der Waals surface area contributed by atoms with E-state index in [1.165, 1.54) is 0 Å². The molecule has 0 saturated carbocycles. The molecule has 0 aliphatic carbocycles. The number of rotatable bonds is 8. The Morgan fingerprint density at radius 3 is 2.50 bits per heavy atom. The SMILES string of the molecule is CC(C)CC(NC=O)C(=O)c1nn(CC(C)C)c(=O)o1. The summed E-state index contributed by atoms with van der Waals surface area (Å²) in [6.07, 6.45) is 0.923. The molecule has 1 rings (SSSR count). The lowest BCUT2D eigenvalue weighted by molar-refractivity contribution is -0.110. The van der Waals surface area contributed by atoms with Crippen molar-refractivity contribution in [3.8, 4) is 0 Å². The third kappa shape index (κ3) is 4.32. The zero-order valence-corrected chi connectivity index (χ0v) is 12.3. The molecule has 112 valence electrons. The van der Waals surface area contributed by atoms with Crippen LogP contribution in [0, 0.1) is 11.8 Å². The molecule has 0 bridgehead atoms. The number of carbonyl (C=O) groups is 2. The molecule has 0 saturated heterocycles. The van der Waals surface area contributed by atoms with Crippen LogP contribution in [0.1, 0.15) is 44.8 Å². The topological polar surface area (TPSA) is 94.2 Å². The van der Waals surface area contributed by atoms with Gasteiger partial charge in [-0.2, -0.15) is 4.68 Å². The Bertz CT molecular complexity index is 516. The first-order valence-electron chi connectivity index (χ1n) is 6.67. The molecule has 0 radical (unpaired) electrons. The highest BCUT2D eigenvalue weighted by atomic mass is 16.4. The number of hydrogen-bond acceptors (Lipinski definition) is 5. The van der Waals surface area contributed by atoms with Crippen LogP contribution in [-0.2, 0) is 11.3 Å². The Morgan fingerprint density at radius 1 is 1.35 bits per heavy atom. The lowest BCUT2D eigenvalue weighted by Gasteiger charge is -2.14. The van der Waals surface area contributed by atoms with E-state index in [0.717, 1.165) is 4.68 Å². The highest BCUT2D eigenvalue weighted by molar-refractivity contribution is 5.96. The van der Waals surface area contributed by atoms with Crippen molar-refractivity contribution in [3.05, 3.63) is 16.4 Å². The zero-order chi connectivity index (χ0) is 15.3. The zero-order valence-electron chi connectivity index (χ0n) is 12.3. The number of nitrogens with one attached hydrogen (secondary N) is 1. The van der Waals surface area contributed by atoms with Gasteiger partial charge in [-0.1, -0.05) is 27.7 Å². The van der Waals surface area contributed by atoms with Crippen LogP contribution >= 0.6 is 0 Å². The quantitative estimate of drug-likeness (QED) is 0.563. The predicted octanol–water partition coefficient (Wildman–Crippen LogP) is 0.836. The summed E-state index contributed by atoms with van der Waals surface area (Å²) in [6.45, 7) is 8.10. The lowest BCUT2D eigenvalue weighted by atomic mass is 10.0. The fourth-order valence-corrected chi connectivity index (χ4v) is 1.82. The van der Waals surface area contributed by atoms with Crippen molar-refractivity contribution >= 4 is 12.2 Å². The molecule has 7 nitrogen and oxygen atoms in total. The summed E-state index contributed by atoms with van der Waals surface area (Å²) in [7, 11) is 0. The van der Waals surface area contributed by atoms with Gasteiger partial charge in [-0.25, -0.2) is 4.79 Å². The third-order valence-electron chi connectivity index (χ3n) is 2.65. The predicted molar refractivity (Wildman–Crippen MR) is 72.4 cm³/mol. The van der Waals surface area contributed by atoms with Gasteiger partial charge in [0.1, 0.15) is 0 Å². The second kappa shape index (κ2) is 7.02. The first-order chi connectivity index (χ1) is 9.35. The molecule has 0 fully saturated rings. The molecule has 1 aromatic heterocycles. The summed E-state index contributed by atoms with van der Waals surface area (Å²) < 4.78 is 6.01. The maximum Gasteiger partial charge on any atom is 0.437 e. The maximum absolute atomic E-state index is 12.2. The van der Waals surface area contributed by atoms with Crippen molar-refractivity contribution in [3.63, 3.8) is 0 Å². The number of nitrogens with zero attached hydrogens (tertiary/aromatic N) is 2. The number of ketones is 1. The van der Waals surface area contributed by atoms with Crippen LogP contribution in [-0.4, -0.2) is 28.0 Å². The first-order valence-corrected chi connectivity index (χ1v) is 6.67. The van der Waals surface area contributed by atoms with E-state index < -0.39 is 17.6 Å². The largest absolute Gasteiger partial charge is 0.437 e. The standard InChI is InChI=1S/C13H21N3O4/c1-8(2)5-10(14-7-17)11(18)12-15-16(6-9(3)4)13(19)20-12/h7-10H,5-6H2,1-4H3,(H,14,17). The van der Waals surface area contributed by atoms with Gasteiger partial charge < -0.3 is 9.73 Å². The van der Waals surface area contributed by atoms with Crippen molar-refractivity contribution in [2.45, 2.75) is 46.7 Å². The summed E-state index contributed by atoms with van der Waals surface area (Å²) in [5.41, 5.74) is 0. The van der Waals surface area contributed by atoms with E-state index in [-0.39, 0.29) is 17.7 Å². The Hall–Kier alpha value is -1.92. The van der Waals surface area contributed by atoms with Crippen LogP contribution in [0.5, 0.6) is 0 Å². The number of hydrogen-bond donors (Lipinski definition) is 1. The van der Waals surface area contributed by atoms with Gasteiger partial charge in [-0.05, 0) is 18.3 Å². The molecule has 1 amide bonds. The minimum absolute atomic E-state index is 0.209. The van der Waals surface area contributed by atoms with Crippen molar-refractivity contribution in [1.82, 2.24) is 15.1 Å². The molecular weight excluding hydrogens is 262 g/mol. The van der Waals surface area contributed by atoms with Crippen molar-refractivity contribution < 1.29 is 14.0 Å². The van der Waals surface area contributed by atoms with Gasteiger partial charge in [0.15, 0.2) is 0 Å². The summed E-state index contributed by atoms with van der Waals surface area (Å²) in [5.74, 6) is -0.973. The Kier molecular flexibility index (Phi) is 5.66. The Morgan fingerprint density at radius 2 is 2.00 bits per heavy atom.